The molecular weight excluding hydrogens is 298 g/mol. The summed E-state index contributed by atoms with van der Waals surface area (Å²) in [5, 5.41) is 12.2. The van der Waals surface area contributed by atoms with Crippen LogP contribution in [0.25, 0.3) is 0 Å². The first-order valence-corrected chi connectivity index (χ1v) is 6.20. The summed E-state index contributed by atoms with van der Waals surface area (Å²) in [4.78, 5) is 11.9. The van der Waals surface area contributed by atoms with Gasteiger partial charge in [0.2, 0.25) is 0 Å². The number of amides is 1. The number of halogens is 1. The molecule has 1 amide bonds. The Labute approximate surface area is 113 Å². The molecule has 0 aliphatic rings. The number of furan rings is 1. The zero-order valence-electron chi connectivity index (χ0n) is 9.68. The normalized spacial score (nSPS) is 12.1. The molecule has 2 aromatic rings. The lowest BCUT2D eigenvalue weighted by molar-refractivity contribution is 0.0938. The van der Waals surface area contributed by atoms with Gasteiger partial charge in [0, 0.05) is 0 Å². The topological polar surface area (TPSA) is 62.5 Å². The van der Waals surface area contributed by atoms with Crippen molar-refractivity contribution in [2.24, 2.45) is 0 Å². The Balaban J connectivity index is 2.10. The van der Waals surface area contributed by atoms with Crippen molar-refractivity contribution in [2.45, 2.75) is 13.0 Å². The first kappa shape index (κ1) is 12.7. The number of carbonyl (C=O) groups is 1. The maximum absolute atomic E-state index is 11.9. The predicted molar refractivity (Wildman–Crippen MR) is 70.4 cm³/mol. The van der Waals surface area contributed by atoms with E-state index < -0.39 is 0 Å². The van der Waals surface area contributed by atoms with Crippen LogP contribution in [0, 0.1) is 0 Å². The summed E-state index contributed by atoms with van der Waals surface area (Å²) >= 11 is 3.16. The van der Waals surface area contributed by atoms with Crippen molar-refractivity contribution in [1.82, 2.24) is 5.32 Å². The van der Waals surface area contributed by atoms with E-state index in [4.69, 9.17) is 4.42 Å². The summed E-state index contributed by atoms with van der Waals surface area (Å²) < 4.78 is 5.41. The fraction of sp³-hybridized carbons (Fsp3) is 0.154. The van der Waals surface area contributed by atoms with Gasteiger partial charge < -0.3 is 14.8 Å². The van der Waals surface area contributed by atoms with E-state index in [1.54, 1.807) is 24.3 Å². The lowest BCUT2D eigenvalue weighted by atomic mass is 10.1. The number of rotatable bonds is 3. The summed E-state index contributed by atoms with van der Waals surface area (Å²) in [7, 11) is 0. The van der Waals surface area contributed by atoms with Crippen molar-refractivity contribution in [3.63, 3.8) is 0 Å². The Kier molecular flexibility index (Phi) is 3.72. The zero-order valence-corrected chi connectivity index (χ0v) is 11.3. The van der Waals surface area contributed by atoms with Crippen molar-refractivity contribution < 1.29 is 14.3 Å². The summed E-state index contributed by atoms with van der Waals surface area (Å²) in [5.74, 6) is -0.0513. The molecule has 0 fully saturated rings. The van der Waals surface area contributed by atoms with Gasteiger partial charge in [-0.15, -0.1) is 0 Å². The van der Waals surface area contributed by atoms with E-state index in [2.05, 4.69) is 21.2 Å². The van der Waals surface area contributed by atoms with E-state index >= 15 is 0 Å². The molecule has 2 N–H and O–H groups in total. The number of phenols is 1. The quantitative estimate of drug-likeness (QED) is 0.915. The largest absolute Gasteiger partial charge is 0.508 e. The van der Waals surface area contributed by atoms with Crippen LogP contribution in [-0.4, -0.2) is 11.0 Å². The molecule has 5 heteroatoms. The number of hydrogen-bond donors (Lipinski definition) is 2. The lowest BCUT2D eigenvalue weighted by Crippen LogP contribution is -2.26. The second kappa shape index (κ2) is 5.27. The van der Waals surface area contributed by atoms with Gasteiger partial charge in [-0.3, -0.25) is 4.79 Å². The average Bonchev–Trinajstić information content (AvgIpc) is 2.75. The van der Waals surface area contributed by atoms with Crippen LogP contribution in [0.1, 0.15) is 28.9 Å². The third-order valence-corrected chi connectivity index (χ3v) is 3.19. The molecule has 0 spiro atoms. The van der Waals surface area contributed by atoms with E-state index in [0.717, 1.165) is 5.56 Å². The van der Waals surface area contributed by atoms with Gasteiger partial charge in [-0.2, -0.15) is 0 Å². The fourth-order valence-corrected chi connectivity index (χ4v) is 2.03. The Morgan fingerprint density at radius 2 is 2.22 bits per heavy atom. The van der Waals surface area contributed by atoms with Gasteiger partial charge in [-0.1, -0.05) is 12.1 Å². The molecule has 0 saturated carbocycles. The van der Waals surface area contributed by atoms with Crippen molar-refractivity contribution in [3.05, 3.63) is 52.4 Å². The van der Waals surface area contributed by atoms with Gasteiger partial charge in [0.05, 0.1) is 17.9 Å². The molecule has 1 atom stereocenters. The van der Waals surface area contributed by atoms with Crippen LogP contribution in [0.15, 0.2) is 45.7 Å². The summed E-state index contributed by atoms with van der Waals surface area (Å²) in [6.07, 6.45) is 1.44. The fourth-order valence-electron chi connectivity index (χ4n) is 1.61. The third kappa shape index (κ3) is 2.73. The number of phenolic OH excluding ortho intramolecular Hbond substituents is 1. The van der Waals surface area contributed by atoms with Crippen molar-refractivity contribution >= 4 is 21.8 Å². The van der Waals surface area contributed by atoms with Gasteiger partial charge in [-0.05, 0) is 46.6 Å². The molecular formula is C13H12BrNO3. The van der Waals surface area contributed by atoms with Gasteiger partial charge in [0.15, 0.2) is 4.67 Å². The first-order chi connectivity index (χ1) is 8.58. The molecule has 0 aliphatic heterocycles. The minimum Gasteiger partial charge on any atom is -0.508 e. The van der Waals surface area contributed by atoms with Crippen molar-refractivity contribution in [3.8, 4) is 5.75 Å². The molecule has 1 aromatic heterocycles. The van der Waals surface area contributed by atoms with E-state index in [0.29, 0.717) is 10.2 Å². The molecule has 0 bridgehead atoms. The molecule has 1 heterocycles. The van der Waals surface area contributed by atoms with Gasteiger partial charge in [0.1, 0.15) is 5.75 Å². The molecule has 0 radical (unpaired) electrons. The predicted octanol–water partition coefficient (Wildman–Crippen LogP) is 3.24. The van der Waals surface area contributed by atoms with Crippen LogP contribution in [0.5, 0.6) is 5.75 Å². The maximum Gasteiger partial charge on any atom is 0.256 e. The van der Waals surface area contributed by atoms with E-state index in [9.17, 15) is 9.90 Å². The van der Waals surface area contributed by atoms with Gasteiger partial charge in [-0.25, -0.2) is 0 Å². The monoisotopic (exact) mass is 309 g/mol. The molecule has 1 aromatic carbocycles. The van der Waals surface area contributed by atoms with Crippen molar-refractivity contribution in [2.75, 3.05) is 0 Å². The summed E-state index contributed by atoms with van der Waals surface area (Å²) in [6, 6.07) is 8.18. The van der Waals surface area contributed by atoms with Crippen LogP contribution in [0.3, 0.4) is 0 Å². The highest BCUT2D eigenvalue weighted by atomic mass is 79.9. The standard InChI is InChI=1S/C13H12BrNO3/c1-8(9-3-2-4-10(16)7-9)15-13(17)11-5-6-18-12(11)14/h2-8,16H,1H3,(H,15,17). The third-order valence-electron chi connectivity index (χ3n) is 2.58. The molecule has 0 aliphatic carbocycles. The molecule has 18 heavy (non-hydrogen) atoms. The van der Waals surface area contributed by atoms with E-state index in [-0.39, 0.29) is 17.7 Å². The minimum absolute atomic E-state index is 0.179. The highest BCUT2D eigenvalue weighted by Crippen LogP contribution is 2.21. The van der Waals surface area contributed by atoms with Crippen LogP contribution in [-0.2, 0) is 0 Å². The molecule has 0 saturated heterocycles. The number of benzene rings is 1. The molecule has 4 nitrogen and oxygen atoms in total. The van der Waals surface area contributed by atoms with Crippen LogP contribution >= 0.6 is 15.9 Å². The molecule has 1 unspecified atom stereocenters. The molecule has 94 valence electrons. The minimum atomic E-state index is -0.230. The number of hydrogen-bond acceptors (Lipinski definition) is 3. The summed E-state index contributed by atoms with van der Waals surface area (Å²) in [6.45, 7) is 1.85. The van der Waals surface area contributed by atoms with E-state index in [1.807, 2.05) is 13.0 Å². The highest BCUT2D eigenvalue weighted by Gasteiger charge is 2.15. The lowest BCUT2D eigenvalue weighted by Gasteiger charge is -2.14. The van der Waals surface area contributed by atoms with Crippen molar-refractivity contribution in [1.29, 1.82) is 0 Å². The second-order valence-corrected chi connectivity index (χ2v) is 4.62. The van der Waals surface area contributed by atoms with E-state index in [1.165, 1.54) is 6.26 Å². The van der Waals surface area contributed by atoms with Crippen LogP contribution in [0.2, 0.25) is 0 Å². The smallest absolute Gasteiger partial charge is 0.256 e. The van der Waals surface area contributed by atoms with Crippen LogP contribution in [0.4, 0.5) is 0 Å². The SMILES string of the molecule is CC(NC(=O)c1ccoc1Br)c1cccc(O)c1. The van der Waals surface area contributed by atoms with Gasteiger partial charge >= 0.3 is 0 Å². The Hall–Kier alpha value is -1.75. The number of aromatic hydroxyl groups is 1. The Bertz CT molecular complexity index is 565. The Morgan fingerprint density at radius 1 is 1.44 bits per heavy atom. The van der Waals surface area contributed by atoms with Crippen LogP contribution < -0.4 is 5.32 Å². The number of nitrogens with one attached hydrogen (secondary N) is 1. The maximum atomic E-state index is 11.9. The average molecular weight is 310 g/mol. The van der Waals surface area contributed by atoms with Gasteiger partial charge in [0.25, 0.3) is 5.91 Å². The Morgan fingerprint density at radius 3 is 2.83 bits per heavy atom. The number of carbonyl (C=O) groups excluding carboxylic acids is 1. The first-order valence-electron chi connectivity index (χ1n) is 5.40. The zero-order chi connectivity index (χ0) is 13.1. The summed E-state index contributed by atoms with van der Waals surface area (Å²) in [5.41, 5.74) is 1.28. The second-order valence-electron chi connectivity index (χ2n) is 3.90. The highest BCUT2D eigenvalue weighted by molar-refractivity contribution is 9.10. The molecule has 2 rings (SSSR count).